The molecule has 0 spiro atoms. The first-order valence-electron chi connectivity index (χ1n) is 9.93. The number of carbonyl (C=O) groups is 3. The van der Waals surface area contributed by atoms with Gasteiger partial charge in [-0.15, -0.1) is 0 Å². The lowest BCUT2D eigenvalue weighted by molar-refractivity contribution is -0.116. The minimum Gasteiger partial charge on any atom is -0.376 e. The van der Waals surface area contributed by atoms with Gasteiger partial charge in [-0.2, -0.15) is 0 Å². The second-order valence-electron chi connectivity index (χ2n) is 6.78. The first-order valence-corrected chi connectivity index (χ1v) is 9.93. The summed E-state index contributed by atoms with van der Waals surface area (Å²) in [7, 11) is 0. The van der Waals surface area contributed by atoms with E-state index in [1.807, 2.05) is 12.1 Å². The van der Waals surface area contributed by atoms with Crippen molar-refractivity contribution in [3.8, 4) is 0 Å². The maximum absolute atomic E-state index is 12.3. The predicted octanol–water partition coefficient (Wildman–Crippen LogP) is 4.34. The molecule has 0 bridgehead atoms. The minimum atomic E-state index is -0.218. The topological polar surface area (TPSA) is 99.3 Å². The normalized spacial score (nSPS) is 10.1. The molecule has 0 aliphatic rings. The van der Waals surface area contributed by atoms with Crippen LogP contribution in [0.2, 0.25) is 0 Å². The Labute approximate surface area is 180 Å². The molecule has 158 valence electrons. The van der Waals surface area contributed by atoms with Gasteiger partial charge in [0.1, 0.15) is 0 Å². The summed E-state index contributed by atoms with van der Waals surface area (Å²) in [6.45, 7) is 1.84. The average molecular weight is 416 g/mol. The van der Waals surface area contributed by atoms with Gasteiger partial charge in [0.05, 0.1) is 6.54 Å². The number of hydrogen-bond donors (Lipinski definition) is 4. The molecule has 4 N–H and O–H groups in total. The number of nitrogens with one attached hydrogen (secondary N) is 4. The molecule has 0 aliphatic carbocycles. The predicted molar refractivity (Wildman–Crippen MR) is 123 cm³/mol. The van der Waals surface area contributed by atoms with Gasteiger partial charge in [0, 0.05) is 34.7 Å². The van der Waals surface area contributed by atoms with E-state index in [9.17, 15) is 14.4 Å². The molecule has 7 nitrogen and oxygen atoms in total. The molecule has 0 aromatic heterocycles. The van der Waals surface area contributed by atoms with Crippen LogP contribution in [0.3, 0.4) is 0 Å². The fourth-order valence-electron chi connectivity index (χ4n) is 2.77. The van der Waals surface area contributed by atoms with Crippen LogP contribution in [-0.4, -0.2) is 24.3 Å². The zero-order valence-electron chi connectivity index (χ0n) is 17.1. The van der Waals surface area contributed by atoms with Gasteiger partial charge in [0.25, 0.3) is 5.91 Å². The molecule has 3 aromatic rings. The second kappa shape index (κ2) is 10.6. The van der Waals surface area contributed by atoms with Crippen molar-refractivity contribution in [1.82, 2.24) is 0 Å². The van der Waals surface area contributed by atoms with Crippen LogP contribution >= 0.6 is 0 Å². The van der Waals surface area contributed by atoms with E-state index in [1.54, 1.807) is 73.7 Å². The highest BCUT2D eigenvalue weighted by molar-refractivity contribution is 6.04. The zero-order chi connectivity index (χ0) is 22.1. The Morgan fingerprint density at radius 1 is 0.645 bits per heavy atom. The average Bonchev–Trinajstić information content (AvgIpc) is 2.80. The zero-order valence-corrected chi connectivity index (χ0v) is 17.1. The lowest BCUT2D eigenvalue weighted by atomic mass is 10.2. The molecule has 0 heterocycles. The third-order valence-corrected chi connectivity index (χ3v) is 4.38. The Morgan fingerprint density at radius 3 is 1.90 bits per heavy atom. The largest absolute Gasteiger partial charge is 0.376 e. The van der Waals surface area contributed by atoms with Crippen LogP contribution in [0.1, 0.15) is 23.7 Å². The molecule has 3 rings (SSSR count). The maximum Gasteiger partial charge on any atom is 0.255 e. The SMILES string of the molecule is CCC(=O)Nc1ccc(NC(=O)CNc2cccc(NC(=O)c3ccccc3)c2)cc1. The molecule has 7 heteroatoms. The number of rotatable bonds is 8. The van der Waals surface area contributed by atoms with Crippen molar-refractivity contribution in [2.75, 3.05) is 27.8 Å². The molecular formula is C24H24N4O3. The van der Waals surface area contributed by atoms with Gasteiger partial charge in [0.2, 0.25) is 11.8 Å². The van der Waals surface area contributed by atoms with Gasteiger partial charge in [0.15, 0.2) is 0 Å². The Morgan fingerprint density at radius 2 is 1.26 bits per heavy atom. The van der Waals surface area contributed by atoms with Crippen LogP contribution in [0, 0.1) is 0 Å². The fourth-order valence-corrected chi connectivity index (χ4v) is 2.77. The first-order chi connectivity index (χ1) is 15.0. The highest BCUT2D eigenvalue weighted by Crippen LogP contribution is 2.17. The summed E-state index contributed by atoms with van der Waals surface area (Å²) < 4.78 is 0. The lowest BCUT2D eigenvalue weighted by Crippen LogP contribution is -2.21. The van der Waals surface area contributed by atoms with Gasteiger partial charge in [-0.25, -0.2) is 0 Å². The van der Waals surface area contributed by atoms with Gasteiger partial charge in [-0.05, 0) is 54.6 Å². The Hall–Kier alpha value is -4.13. The summed E-state index contributed by atoms with van der Waals surface area (Å²) >= 11 is 0. The van der Waals surface area contributed by atoms with E-state index in [0.29, 0.717) is 34.7 Å². The molecule has 3 amide bonds. The third-order valence-electron chi connectivity index (χ3n) is 4.38. The van der Waals surface area contributed by atoms with Crippen LogP contribution in [-0.2, 0) is 9.59 Å². The minimum absolute atomic E-state index is 0.0599. The van der Waals surface area contributed by atoms with Crippen molar-refractivity contribution in [3.05, 3.63) is 84.4 Å². The first kappa shape index (κ1) is 21.6. The molecule has 0 atom stereocenters. The van der Waals surface area contributed by atoms with E-state index in [0.717, 1.165) is 0 Å². The summed E-state index contributed by atoms with van der Waals surface area (Å²) in [5.74, 6) is -0.485. The third kappa shape index (κ3) is 6.71. The molecule has 31 heavy (non-hydrogen) atoms. The summed E-state index contributed by atoms with van der Waals surface area (Å²) in [4.78, 5) is 35.9. The number of benzene rings is 3. The summed E-state index contributed by atoms with van der Waals surface area (Å²) in [6.07, 6.45) is 0.404. The van der Waals surface area contributed by atoms with Crippen molar-refractivity contribution in [2.45, 2.75) is 13.3 Å². The number of amides is 3. The van der Waals surface area contributed by atoms with Gasteiger partial charge in [-0.1, -0.05) is 31.2 Å². The molecule has 3 aromatic carbocycles. The number of carbonyl (C=O) groups excluding carboxylic acids is 3. The molecular weight excluding hydrogens is 392 g/mol. The van der Waals surface area contributed by atoms with E-state index in [1.165, 1.54) is 0 Å². The van der Waals surface area contributed by atoms with Crippen molar-refractivity contribution in [1.29, 1.82) is 0 Å². The van der Waals surface area contributed by atoms with Gasteiger partial charge >= 0.3 is 0 Å². The van der Waals surface area contributed by atoms with Crippen molar-refractivity contribution < 1.29 is 14.4 Å². The van der Waals surface area contributed by atoms with E-state index >= 15 is 0 Å². The van der Waals surface area contributed by atoms with Crippen LogP contribution in [0.4, 0.5) is 22.7 Å². The Balaban J connectivity index is 1.50. The Bertz CT molecular complexity index is 1050. The van der Waals surface area contributed by atoms with Gasteiger partial charge in [-0.3, -0.25) is 14.4 Å². The molecule has 0 fully saturated rings. The van der Waals surface area contributed by atoms with Crippen molar-refractivity contribution in [3.63, 3.8) is 0 Å². The summed E-state index contributed by atoms with van der Waals surface area (Å²) in [6, 6.07) is 23.0. The highest BCUT2D eigenvalue weighted by Gasteiger charge is 2.07. The number of hydrogen-bond acceptors (Lipinski definition) is 4. The van der Waals surface area contributed by atoms with E-state index in [4.69, 9.17) is 0 Å². The maximum atomic E-state index is 12.3. The molecule has 0 radical (unpaired) electrons. The fraction of sp³-hybridized carbons (Fsp3) is 0.125. The Kier molecular flexibility index (Phi) is 7.37. The van der Waals surface area contributed by atoms with Gasteiger partial charge < -0.3 is 21.3 Å². The smallest absolute Gasteiger partial charge is 0.255 e. The van der Waals surface area contributed by atoms with Crippen LogP contribution < -0.4 is 21.3 Å². The van der Waals surface area contributed by atoms with Crippen LogP contribution in [0.5, 0.6) is 0 Å². The summed E-state index contributed by atoms with van der Waals surface area (Å²) in [5.41, 5.74) is 3.21. The number of anilines is 4. The summed E-state index contributed by atoms with van der Waals surface area (Å²) in [5, 5.41) is 11.4. The van der Waals surface area contributed by atoms with Crippen LogP contribution in [0.25, 0.3) is 0 Å². The lowest BCUT2D eigenvalue weighted by Gasteiger charge is -2.11. The van der Waals surface area contributed by atoms with E-state index in [2.05, 4.69) is 21.3 Å². The quantitative estimate of drug-likeness (QED) is 0.439. The van der Waals surface area contributed by atoms with E-state index in [-0.39, 0.29) is 24.3 Å². The van der Waals surface area contributed by atoms with E-state index < -0.39 is 0 Å². The molecule has 0 saturated heterocycles. The van der Waals surface area contributed by atoms with Crippen molar-refractivity contribution in [2.24, 2.45) is 0 Å². The monoisotopic (exact) mass is 416 g/mol. The molecule has 0 aliphatic heterocycles. The molecule has 0 unspecified atom stereocenters. The second-order valence-corrected chi connectivity index (χ2v) is 6.78. The highest BCUT2D eigenvalue weighted by atomic mass is 16.2. The molecule has 0 saturated carbocycles. The van der Waals surface area contributed by atoms with Crippen LogP contribution in [0.15, 0.2) is 78.9 Å². The standard InChI is InChI=1S/C24H24N4O3/c1-2-22(29)26-18-11-13-19(14-12-18)27-23(30)16-25-20-9-6-10-21(15-20)28-24(31)17-7-4-3-5-8-17/h3-15,25H,2,16H2,1H3,(H,26,29)(H,27,30)(H,28,31). The van der Waals surface area contributed by atoms with Crippen molar-refractivity contribution >= 4 is 40.5 Å².